The van der Waals surface area contributed by atoms with Gasteiger partial charge in [0, 0.05) is 31.9 Å². The van der Waals surface area contributed by atoms with Crippen molar-refractivity contribution in [2.75, 3.05) is 45.5 Å². The summed E-state index contributed by atoms with van der Waals surface area (Å²) >= 11 is 0. The van der Waals surface area contributed by atoms with E-state index < -0.39 is 5.82 Å². The molecule has 1 aliphatic rings. The van der Waals surface area contributed by atoms with E-state index in [1.807, 2.05) is 4.90 Å². The second-order valence-electron chi connectivity index (χ2n) is 4.74. The molecule has 0 aliphatic carbocycles. The predicted molar refractivity (Wildman–Crippen MR) is 69.1 cm³/mol. The van der Waals surface area contributed by atoms with Gasteiger partial charge >= 0.3 is 0 Å². The molecule has 1 aromatic rings. The maximum Gasteiger partial charge on any atom is 0.179 e. The van der Waals surface area contributed by atoms with Crippen molar-refractivity contribution in [2.24, 2.45) is 0 Å². The van der Waals surface area contributed by atoms with Crippen molar-refractivity contribution in [1.82, 2.24) is 9.80 Å². The number of carbonyl (C=O) groups is 1. The van der Waals surface area contributed by atoms with Gasteiger partial charge in [-0.1, -0.05) is 0 Å². The van der Waals surface area contributed by atoms with Crippen LogP contribution >= 0.6 is 0 Å². The molecule has 1 fully saturated rings. The van der Waals surface area contributed by atoms with Crippen LogP contribution in [0.1, 0.15) is 10.4 Å². The van der Waals surface area contributed by atoms with Gasteiger partial charge in [-0.3, -0.25) is 9.69 Å². The molecule has 0 bridgehead atoms. The summed E-state index contributed by atoms with van der Waals surface area (Å²) in [5.74, 6) is -0.701. The highest BCUT2D eigenvalue weighted by molar-refractivity contribution is 5.98. The molecule has 1 heterocycles. The molecule has 1 saturated heterocycles. The molecule has 0 spiro atoms. The third kappa shape index (κ3) is 3.05. The summed E-state index contributed by atoms with van der Waals surface area (Å²) < 4.78 is 13.5. The van der Waals surface area contributed by atoms with Crippen LogP contribution in [0, 0.1) is 5.82 Å². The zero-order chi connectivity index (χ0) is 13.1. The number of halogens is 1. The molecule has 98 valence electrons. The van der Waals surface area contributed by atoms with Gasteiger partial charge in [-0.2, -0.15) is 0 Å². The van der Waals surface area contributed by atoms with E-state index in [0.717, 1.165) is 26.2 Å². The number of benzene rings is 1. The minimum Gasteiger partial charge on any atom is -0.399 e. The van der Waals surface area contributed by atoms with Gasteiger partial charge in [0.2, 0.25) is 0 Å². The Hall–Kier alpha value is -1.46. The zero-order valence-corrected chi connectivity index (χ0v) is 10.5. The lowest BCUT2D eigenvalue weighted by Gasteiger charge is -2.31. The van der Waals surface area contributed by atoms with Gasteiger partial charge in [0.1, 0.15) is 5.82 Å². The highest BCUT2D eigenvalue weighted by atomic mass is 19.1. The quantitative estimate of drug-likeness (QED) is 0.639. The van der Waals surface area contributed by atoms with Gasteiger partial charge in [0.05, 0.1) is 12.1 Å². The third-order valence-electron chi connectivity index (χ3n) is 3.25. The number of rotatable bonds is 3. The Balaban J connectivity index is 2.01. The van der Waals surface area contributed by atoms with Crippen molar-refractivity contribution in [1.29, 1.82) is 0 Å². The molecular formula is C13H18FN3O. The van der Waals surface area contributed by atoms with Crippen LogP contribution in [0.15, 0.2) is 18.2 Å². The van der Waals surface area contributed by atoms with Gasteiger partial charge < -0.3 is 10.6 Å². The van der Waals surface area contributed by atoms with E-state index in [9.17, 15) is 9.18 Å². The Labute approximate surface area is 106 Å². The van der Waals surface area contributed by atoms with Gasteiger partial charge in [0.15, 0.2) is 5.78 Å². The molecule has 5 heteroatoms. The molecule has 1 aromatic carbocycles. The lowest BCUT2D eigenvalue weighted by atomic mass is 10.1. The van der Waals surface area contributed by atoms with Crippen molar-refractivity contribution < 1.29 is 9.18 Å². The first-order chi connectivity index (χ1) is 8.56. The molecule has 2 rings (SSSR count). The fourth-order valence-electron chi connectivity index (χ4n) is 2.05. The molecule has 0 saturated carbocycles. The molecular weight excluding hydrogens is 233 g/mol. The molecule has 4 nitrogen and oxygen atoms in total. The van der Waals surface area contributed by atoms with Crippen LogP contribution in [-0.4, -0.2) is 55.4 Å². The van der Waals surface area contributed by atoms with Gasteiger partial charge in [-0.25, -0.2) is 4.39 Å². The molecule has 0 unspecified atom stereocenters. The fourth-order valence-corrected chi connectivity index (χ4v) is 2.05. The van der Waals surface area contributed by atoms with E-state index in [1.54, 1.807) is 0 Å². The number of hydrogen-bond donors (Lipinski definition) is 1. The van der Waals surface area contributed by atoms with E-state index in [-0.39, 0.29) is 17.9 Å². The Kier molecular flexibility index (Phi) is 3.93. The predicted octanol–water partition coefficient (Wildman–Crippen LogP) is 0.838. The first-order valence-corrected chi connectivity index (χ1v) is 6.05. The highest BCUT2D eigenvalue weighted by Crippen LogP contribution is 2.13. The number of nitrogen functional groups attached to an aromatic ring is 1. The minimum absolute atomic E-state index is 0.0916. The molecule has 0 radical (unpaired) electrons. The second kappa shape index (κ2) is 5.46. The number of nitrogens with zero attached hydrogens (tertiary/aromatic N) is 2. The second-order valence-corrected chi connectivity index (χ2v) is 4.74. The average Bonchev–Trinajstić information content (AvgIpc) is 2.35. The summed E-state index contributed by atoms with van der Waals surface area (Å²) in [6, 6.07) is 4.11. The fraction of sp³-hybridized carbons (Fsp3) is 0.462. The van der Waals surface area contributed by atoms with Crippen molar-refractivity contribution in [3.05, 3.63) is 29.6 Å². The normalized spacial score (nSPS) is 17.9. The van der Waals surface area contributed by atoms with Gasteiger partial charge in [-0.15, -0.1) is 0 Å². The van der Waals surface area contributed by atoms with Gasteiger partial charge in [0.25, 0.3) is 0 Å². The van der Waals surface area contributed by atoms with E-state index in [0.29, 0.717) is 5.69 Å². The van der Waals surface area contributed by atoms with Gasteiger partial charge in [-0.05, 0) is 25.2 Å². The minimum atomic E-state index is -0.497. The smallest absolute Gasteiger partial charge is 0.179 e. The van der Waals surface area contributed by atoms with E-state index in [4.69, 9.17) is 5.73 Å². The molecule has 0 aromatic heterocycles. The Morgan fingerprint density at radius 2 is 2.00 bits per heavy atom. The van der Waals surface area contributed by atoms with Crippen molar-refractivity contribution in [2.45, 2.75) is 0 Å². The number of ketones is 1. The van der Waals surface area contributed by atoms with E-state index in [1.165, 1.54) is 18.2 Å². The van der Waals surface area contributed by atoms with Crippen LogP contribution in [0.25, 0.3) is 0 Å². The van der Waals surface area contributed by atoms with Crippen LogP contribution in [0.3, 0.4) is 0 Å². The van der Waals surface area contributed by atoms with Crippen LogP contribution in [0.4, 0.5) is 10.1 Å². The zero-order valence-electron chi connectivity index (χ0n) is 10.5. The Morgan fingerprint density at radius 1 is 1.33 bits per heavy atom. The van der Waals surface area contributed by atoms with E-state index >= 15 is 0 Å². The number of carbonyl (C=O) groups excluding carboxylic acids is 1. The maximum absolute atomic E-state index is 13.5. The summed E-state index contributed by atoms with van der Waals surface area (Å²) in [5, 5.41) is 0. The molecule has 2 N–H and O–H groups in total. The maximum atomic E-state index is 13.5. The summed E-state index contributed by atoms with van der Waals surface area (Å²) in [5.41, 5.74) is 6.08. The van der Waals surface area contributed by atoms with Crippen LogP contribution in [0.5, 0.6) is 0 Å². The Bertz CT molecular complexity index is 442. The third-order valence-corrected chi connectivity index (χ3v) is 3.25. The Morgan fingerprint density at radius 3 is 2.67 bits per heavy atom. The summed E-state index contributed by atoms with van der Waals surface area (Å²) in [6.45, 7) is 3.81. The van der Waals surface area contributed by atoms with Crippen LogP contribution < -0.4 is 5.73 Å². The lowest BCUT2D eigenvalue weighted by molar-refractivity contribution is 0.0872. The molecule has 18 heavy (non-hydrogen) atoms. The van der Waals surface area contributed by atoms with Crippen molar-refractivity contribution in [3.8, 4) is 0 Å². The van der Waals surface area contributed by atoms with E-state index in [2.05, 4.69) is 11.9 Å². The number of anilines is 1. The number of likely N-dealkylation sites (N-methyl/N-ethyl adjacent to an activating group) is 1. The van der Waals surface area contributed by atoms with Crippen LogP contribution in [0.2, 0.25) is 0 Å². The molecule has 0 amide bonds. The molecule has 0 atom stereocenters. The largest absolute Gasteiger partial charge is 0.399 e. The first-order valence-electron chi connectivity index (χ1n) is 6.05. The number of piperazine rings is 1. The van der Waals surface area contributed by atoms with Crippen molar-refractivity contribution >= 4 is 11.5 Å². The monoisotopic (exact) mass is 251 g/mol. The number of nitrogens with two attached hydrogens (primary N) is 1. The number of Topliss-reactive ketones (excluding diaryl/α,β-unsaturated/α-hetero) is 1. The summed E-state index contributed by atoms with van der Waals surface area (Å²) in [6.07, 6.45) is 0. The topological polar surface area (TPSA) is 49.6 Å². The standard InChI is InChI=1S/C13H18FN3O/c1-16-4-6-17(7-5-16)9-13(18)11-8-10(15)2-3-12(11)14/h2-3,8H,4-7,9,15H2,1H3. The highest BCUT2D eigenvalue weighted by Gasteiger charge is 2.19. The average molecular weight is 251 g/mol. The summed E-state index contributed by atoms with van der Waals surface area (Å²) in [7, 11) is 2.05. The summed E-state index contributed by atoms with van der Waals surface area (Å²) in [4.78, 5) is 16.3. The SMILES string of the molecule is CN1CCN(CC(=O)c2cc(N)ccc2F)CC1. The number of hydrogen-bond acceptors (Lipinski definition) is 4. The first kappa shape index (κ1) is 13.0. The van der Waals surface area contributed by atoms with Crippen molar-refractivity contribution in [3.63, 3.8) is 0 Å². The molecule has 1 aliphatic heterocycles. The lowest BCUT2D eigenvalue weighted by Crippen LogP contribution is -2.46. The van der Waals surface area contributed by atoms with Crippen LogP contribution in [-0.2, 0) is 0 Å².